The first-order valence-corrected chi connectivity index (χ1v) is 9.10. The molecule has 0 radical (unpaired) electrons. The molecule has 1 amide bonds. The van der Waals surface area contributed by atoms with Crippen LogP contribution in [0.3, 0.4) is 0 Å². The van der Waals surface area contributed by atoms with Crippen molar-refractivity contribution in [1.29, 1.82) is 0 Å². The lowest BCUT2D eigenvalue weighted by Gasteiger charge is -2.33. The third-order valence-corrected chi connectivity index (χ3v) is 5.71. The van der Waals surface area contributed by atoms with Gasteiger partial charge in [-0.15, -0.1) is 0 Å². The Morgan fingerprint density at radius 1 is 1.12 bits per heavy atom. The van der Waals surface area contributed by atoms with Gasteiger partial charge in [0, 0.05) is 25.0 Å². The van der Waals surface area contributed by atoms with Gasteiger partial charge in [0.05, 0.1) is 0 Å². The van der Waals surface area contributed by atoms with E-state index in [-0.39, 0.29) is 0 Å². The van der Waals surface area contributed by atoms with Crippen LogP contribution in [0.25, 0.3) is 0 Å². The van der Waals surface area contributed by atoms with E-state index in [1.807, 2.05) is 18.2 Å². The maximum atomic E-state index is 12.8. The third-order valence-electron chi connectivity index (χ3n) is 5.71. The number of carbonyl (C=O) groups excluding carboxylic acids is 1. The Morgan fingerprint density at radius 3 is 2.75 bits per heavy atom. The van der Waals surface area contributed by atoms with E-state index in [2.05, 4.69) is 16.8 Å². The minimum absolute atomic E-state index is 0.294. The minimum Gasteiger partial charge on any atom is -0.454 e. The Hall–Kier alpha value is -1.75. The van der Waals surface area contributed by atoms with Gasteiger partial charge < -0.3 is 19.3 Å². The van der Waals surface area contributed by atoms with E-state index in [0.717, 1.165) is 42.9 Å². The predicted octanol–water partition coefficient (Wildman–Crippen LogP) is 2.43. The number of hydrogen-bond donors (Lipinski definition) is 0. The van der Waals surface area contributed by atoms with Crippen LogP contribution >= 0.6 is 0 Å². The molecule has 1 aromatic rings. The highest BCUT2D eigenvalue weighted by Gasteiger charge is 2.38. The summed E-state index contributed by atoms with van der Waals surface area (Å²) in [5.41, 5.74) is 1.14. The number of nitrogens with zero attached hydrogens (tertiary/aromatic N) is 2. The van der Waals surface area contributed by atoms with Crippen molar-refractivity contribution in [2.24, 2.45) is 0 Å². The number of hydrogen-bond acceptors (Lipinski definition) is 4. The average Bonchev–Trinajstić information content (AvgIpc) is 3.31. The molecule has 1 aromatic carbocycles. The molecule has 0 bridgehead atoms. The molecule has 0 unspecified atom stereocenters. The summed E-state index contributed by atoms with van der Waals surface area (Å²) in [7, 11) is 2.20. The Balaban J connectivity index is 1.37. The summed E-state index contributed by atoms with van der Waals surface area (Å²) in [5.74, 6) is 1.90. The van der Waals surface area contributed by atoms with Crippen molar-refractivity contribution < 1.29 is 14.3 Å². The molecule has 0 spiro atoms. The van der Waals surface area contributed by atoms with Crippen LogP contribution in [-0.4, -0.2) is 54.7 Å². The average molecular weight is 330 g/mol. The number of benzene rings is 1. The van der Waals surface area contributed by atoms with Crippen molar-refractivity contribution in [2.75, 3.05) is 26.9 Å². The number of carbonyl (C=O) groups is 1. The number of amides is 1. The van der Waals surface area contributed by atoms with E-state index >= 15 is 0 Å². The predicted molar refractivity (Wildman–Crippen MR) is 91.3 cm³/mol. The first-order valence-electron chi connectivity index (χ1n) is 9.10. The summed E-state index contributed by atoms with van der Waals surface area (Å²) in [6, 6.07) is 6.95. The van der Waals surface area contributed by atoms with Gasteiger partial charge >= 0.3 is 0 Å². The first kappa shape index (κ1) is 15.8. The highest BCUT2D eigenvalue weighted by atomic mass is 16.7. The maximum Gasteiger partial charge on any atom is 0.231 e. The number of rotatable bonds is 4. The number of aryl methyl sites for hydroxylation is 1. The molecular formula is C19H26N2O3. The van der Waals surface area contributed by atoms with Crippen molar-refractivity contribution in [1.82, 2.24) is 9.80 Å². The van der Waals surface area contributed by atoms with E-state index in [0.29, 0.717) is 31.2 Å². The van der Waals surface area contributed by atoms with E-state index in [1.54, 1.807) is 0 Å². The summed E-state index contributed by atoms with van der Waals surface area (Å²) in [4.78, 5) is 17.4. The number of likely N-dealkylation sites (N-methyl/N-ethyl adjacent to an activating group) is 1. The highest BCUT2D eigenvalue weighted by molar-refractivity contribution is 5.77. The van der Waals surface area contributed by atoms with Crippen molar-refractivity contribution in [3.05, 3.63) is 23.8 Å². The van der Waals surface area contributed by atoms with Crippen LogP contribution in [0.5, 0.6) is 11.5 Å². The molecule has 0 aliphatic carbocycles. The lowest BCUT2D eigenvalue weighted by Crippen LogP contribution is -2.47. The van der Waals surface area contributed by atoms with Crippen LogP contribution in [0.1, 0.15) is 37.7 Å². The zero-order chi connectivity index (χ0) is 16.5. The van der Waals surface area contributed by atoms with E-state index < -0.39 is 0 Å². The van der Waals surface area contributed by atoms with Crippen molar-refractivity contribution >= 4 is 5.91 Å². The van der Waals surface area contributed by atoms with Gasteiger partial charge in [-0.25, -0.2) is 0 Å². The second-order valence-electron chi connectivity index (χ2n) is 7.17. The third kappa shape index (κ3) is 2.97. The smallest absolute Gasteiger partial charge is 0.231 e. The van der Waals surface area contributed by atoms with Gasteiger partial charge in [0.1, 0.15) is 0 Å². The van der Waals surface area contributed by atoms with E-state index in [9.17, 15) is 4.79 Å². The summed E-state index contributed by atoms with van der Waals surface area (Å²) in [6.45, 7) is 2.39. The number of ether oxygens (including phenoxy) is 2. The van der Waals surface area contributed by atoms with Crippen LogP contribution < -0.4 is 9.47 Å². The van der Waals surface area contributed by atoms with E-state index in [1.165, 1.54) is 19.4 Å². The Kier molecular flexibility index (Phi) is 4.35. The summed E-state index contributed by atoms with van der Waals surface area (Å²) in [6.07, 6.45) is 6.13. The highest BCUT2D eigenvalue weighted by Crippen LogP contribution is 2.33. The molecular weight excluding hydrogens is 304 g/mol. The molecule has 3 aliphatic heterocycles. The van der Waals surface area contributed by atoms with Gasteiger partial charge in [-0.1, -0.05) is 6.07 Å². The monoisotopic (exact) mass is 330 g/mol. The number of fused-ring (bicyclic) bond motifs is 1. The minimum atomic E-state index is 0.294. The molecule has 2 saturated heterocycles. The van der Waals surface area contributed by atoms with Crippen LogP contribution in [0.2, 0.25) is 0 Å². The van der Waals surface area contributed by atoms with Gasteiger partial charge in [0.15, 0.2) is 11.5 Å². The van der Waals surface area contributed by atoms with Gasteiger partial charge in [-0.05, 0) is 63.4 Å². The van der Waals surface area contributed by atoms with Crippen molar-refractivity contribution in [3.8, 4) is 11.5 Å². The molecule has 0 N–H and O–H groups in total. The fourth-order valence-electron chi connectivity index (χ4n) is 4.42. The zero-order valence-corrected chi connectivity index (χ0v) is 14.4. The second-order valence-corrected chi connectivity index (χ2v) is 7.17. The molecule has 24 heavy (non-hydrogen) atoms. The SMILES string of the molecule is CN1CCC[C@H]1[C@H]1CCCN1C(=O)CCc1ccc2c(c1)OCO2. The van der Waals surface area contributed by atoms with Crippen LogP contribution in [0, 0.1) is 0 Å². The molecule has 3 heterocycles. The molecule has 0 aromatic heterocycles. The quantitative estimate of drug-likeness (QED) is 0.850. The lowest BCUT2D eigenvalue weighted by molar-refractivity contribution is -0.132. The standard InChI is InChI=1S/C19H26N2O3/c1-20-10-2-4-15(20)16-5-3-11-21(16)19(22)9-7-14-6-8-17-18(12-14)24-13-23-17/h6,8,12,15-16H,2-5,7,9-11,13H2,1H3/t15-,16+/m0/s1. The van der Waals surface area contributed by atoms with Gasteiger partial charge in [-0.2, -0.15) is 0 Å². The normalized spacial score (nSPS) is 26.3. The lowest BCUT2D eigenvalue weighted by atomic mass is 10.0. The Labute approximate surface area is 143 Å². The summed E-state index contributed by atoms with van der Waals surface area (Å²) in [5, 5.41) is 0. The van der Waals surface area contributed by atoms with E-state index in [4.69, 9.17) is 9.47 Å². The molecule has 4 rings (SSSR count). The second kappa shape index (κ2) is 6.63. The van der Waals surface area contributed by atoms with Gasteiger partial charge in [0.2, 0.25) is 12.7 Å². The molecule has 2 fully saturated rings. The van der Waals surface area contributed by atoms with Crippen molar-refractivity contribution in [3.63, 3.8) is 0 Å². The largest absolute Gasteiger partial charge is 0.454 e. The molecule has 5 nitrogen and oxygen atoms in total. The van der Waals surface area contributed by atoms with Crippen LogP contribution in [-0.2, 0) is 11.2 Å². The van der Waals surface area contributed by atoms with Gasteiger partial charge in [-0.3, -0.25) is 4.79 Å². The molecule has 3 aliphatic rings. The molecule has 2 atom stereocenters. The number of likely N-dealkylation sites (tertiary alicyclic amines) is 2. The summed E-state index contributed by atoms with van der Waals surface area (Å²) >= 11 is 0. The zero-order valence-electron chi connectivity index (χ0n) is 14.4. The van der Waals surface area contributed by atoms with Crippen LogP contribution in [0.4, 0.5) is 0 Å². The summed E-state index contributed by atoms with van der Waals surface area (Å²) < 4.78 is 10.8. The van der Waals surface area contributed by atoms with Crippen molar-refractivity contribution in [2.45, 2.75) is 50.6 Å². The molecule has 0 saturated carbocycles. The molecule has 5 heteroatoms. The molecule has 130 valence electrons. The van der Waals surface area contributed by atoms with Crippen LogP contribution in [0.15, 0.2) is 18.2 Å². The fraction of sp³-hybridized carbons (Fsp3) is 0.632. The maximum absolute atomic E-state index is 12.8. The topological polar surface area (TPSA) is 42.0 Å². The Morgan fingerprint density at radius 2 is 1.92 bits per heavy atom. The Bertz CT molecular complexity index is 619. The fourth-order valence-corrected chi connectivity index (χ4v) is 4.42. The van der Waals surface area contributed by atoms with Gasteiger partial charge in [0.25, 0.3) is 0 Å². The first-order chi connectivity index (χ1) is 11.7.